The summed E-state index contributed by atoms with van der Waals surface area (Å²) < 4.78 is 15.7. The van der Waals surface area contributed by atoms with Crippen molar-refractivity contribution in [2.45, 2.75) is 18.8 Å². The molecule has 2 aliphatic carbocycles. The van der Waals surface area contributed by atoms with Gasteiger partial charge < -0.3 is 14.2 Å². The maximum atomic E-state index is 13.6. The molecule has 9 nitrogen and oxygen atoms in total. The second-order valence-electron chi connectivity index (χ2n) is 12.2. The van der Waals surface area contributed by atoms with E-state index in [0.717, 1.165) is 12.8 Å². The van der Waals surface area contributed by atoms with Crippen LogP contribution in [0.15, 0.2) is 103 Å². The molecular weight excluding hydrogens is 598 g/mol. The van der Waals surface area contributed by atoms with Gasteiger partial charge in [0.1, 0.15) is 11.5 Å². The van der Waals surface area contributed by atoms with Crippen LogP contribution in [-0.4, -0.2) is 43.3 Å². The van der Waals surface area contributed by atoms with Crippen LogP contribution in [0.3, 0.4) is 0 Å². The molecule has 4 aromatic carbocycles. The number of carbonyl (C=O) groups excluding carboxylic acids is 5. The number of rotatable bonds is 9. The van der Waals surface area contributed by atoms with Gasteiger partial charge in [-0.15, -0.1) is 0 Å². The zero-order chi connectivity index (χ0) is 32.7. The number of ether oxygens (including phenoxy) is 3. The maximum absolute atomic E-state index is 13.6. The van der Waals surface area contributed by atoms with Crippen LogP contribution >= 0.6 is 0 Å². The van der Waals surface area contributed by atoms with E-state index in [1.165, 1.54) is 54.0 Å². The molecule has 0 spiro atoms. The highest BCUT2D eigenvalue weighted by molar-refractivity contribution is 6.22. The van der Waals surface area contributed by atoms with E-state index in [9.17, 15) is 24.0 Å². The molecule has 7 rings (SSSR count). The molecule has 236 valence electrons. The fourth-order valence-corrected chi connectivity index (χ4v) is 7.47. The van der Waals surface area contributed by atoms with Gasteiger partial charge in [0.25, 0.3) is 0 Å². The molecule has 1 heterocycles. The summed E-state index contributed by atoms with van der Waals surface area (Å²) in [6.07, 6.45) is 1.81. The van der Waals surface area contributed by atoms with Gasteiger partial charge in [0.15, 0.2) is 12.4 Å². The molecule has 2 bridgehead atoms. The Morgan fingerprint density at radius 3 is 2.13 bits per heavy atom. The average Bonchev–Trinajstić information content (AvgIpc) is 3.78. The van der Waals surface area contributed by atoms with E-state index in [-0.39, 0.29) is 58.3 Å². The number of nitrogens with zero attached hydrogens (tertiary/aromatic N) is 1. The van der Waals surface area contributed by atoms with Gasteiger partial charge in [-0.1, -0.05) is 36.4 Å². The van der Waals surface area contributed by atoms with Crippen LogP contribution in [0.1, 0.15) is 55.4 Å². The van der Waals surface area contributed by atoms with Gasteiger partial charge in [-0.2, -0.15) is 0 Å². The van der Waals surface area contributed by atoms with Crippen molar-refractivity contribution in [2.75, 3.05) is 18.6 Å². The molecule has 0 radical (unpaired) electrons. The zero-order valence-corrected chi connectivity index (χ0v) is 25.5. The number of hydrogen-bond acceptors (Lipinski definition) is 8. The van der Waals surface area contributed by atoms with Crippen LogP contribution in [0, 0.1) is 23.7 Å². The van der Waals surface area contributed by atoms with E-state index in [0.29, 0.717) is 17.0 Å². The number of fused-ring (bicyclic) bond motifs is 5. The molecule has 0 unspecified atom stereocenters. The molecule has 1 saturated heterocycles. The molecule has 1 aliphatic heterocycles. The van der Waals surface area contributed by atoms with Crippen molar-refractivity contribution in [1.82, 2.24) is 0 Å². The van der Waals surface area contributed by atoms with Gasteiger partial charge in [0, 0.05) is 5.56 Å². The average molecular weight is 630 g/mol. The summed E-state index contributed by atoms with van der Waals surface area (Å²) in [7, 11) is 1.50. The van der Waals surface area contributed by atoms with E-state index >= 15 is 0 Å². The van der Waals surface area contributed by atoms with Crippen molar-refractivity contribution >= 4 is 35.2 Å². The number of ketones is 1. The highest BCUT2D eigenvalue weighted by Crippen LogP contribution is 2.61. The quantitative estimate of drug-likeness (QED) is 0.0975. The molecule has 47 heavy (non-hydrogen) atoms. The summed E-state index contributed by atoms with van der Waals surface area (Å²) in [5.41, 5.74) is 2.42. The number of carbonyl (C=O) groups is 5. The normalized spacial score (nSPS) is 22.6. The number of methoxy groups -OCH3 is 1. The summed E-state index contributed by atoms with van der Waals surface area (Å²) in [6, 6.07) is 28.8. The van der Waals surface area contributed by atoms with Crippen molar-refractivity contribution < 1.29 is 38.2 Å². The number of Topliss-reactive ketones (excluding diaryl/α,β-unsaturated/α-hetero) is 1. The van der Waals surface area contributed by atoms with Crippen LogP contribution in [0.5, 0.6) is 11.5 Å². The van der Waals surface area contributed by atoms with Gasteiger partial charge in [0.2, 0.25) is 11.8 Å². The van der Waals surface area contributed by atoms with Crippen molar-refractivity contribution in [3.63, 3.8) is 0 Å². The Morgan fingerprint density at radius 1 is 0.702 bits per heavy atom. The zero-order valence-electron chi connectivity index (χ0n) is 25.5. The number of esters is 2. The first-order chi connectivity index (χ1) is 22.8. The van der Waals surface area contributed by atoms with Crippen LogP contribution in [0.4, 0.5) is 5.69 Å². The van der Waals surface area contributed by atoms with E-state index in [1.54, 1.807) is 36.4 Å². The third kappa shape index (κ3) is 5.58. The standard InChI is InChI=1S/C38H31NO8/c1-45-29-9-5-8-25(18-29)38(44)47-28-16-12-23(13-17-28)32(40)21-46-37(43)24-10-14-27(15-11-24)39-35(41)33-26-19-30(22-6-3-2-4-7-22)31(20-26)34(33)36(39)42/h2-18,26,30-31,33-34H,19-21H2,1H3/t26-,30+,31+,33+,34+/m0/s1. The number of benzene rings is 4. The Bertz CT molecular complexity index is 1870. The van der Waals surface area contributed by atoms with Crippen molar-refractivity contribution in [3.8, 4) is 11.5 Å². The van der Waals surface area contributed by atoms with E-state index in [4.69, 9.17) is 14.2 Å². The van der Waals surface area contributed by atoms with Crippen LogP contribution < -0.4 is 14.4 Å². The molecule has 3 fully saturated rings. The van der Waals surface area contributed by atoms with Crippen LogP contribution in [0.25, 0.3) is 0 Å². The Hall–Kier alpha value is -5.57. The minimum absolute atomic E-state index is 0.144. The number of anilines is 1. The minimum atomic E-state index is -0.714. The van der Waals surface area contributed by atoms with Crippen molar-refractivity contribution in [2.24, 2.45) is 23.7 Å². The Kier molecular flexibility index (Phi) is 7.89. The van der Waals surface area contributed by atoms with Crippen molar-refractivity contribution in [3.05, 3.63) is 125 Å². The number of amides is 2. The number of imide groups is 1. The monoisotopic (exact) mass is 629 g/mol. The topological polar surface area (TPSA) is 116 Å². The lowest BCUT2D eigenvalue weighted by Crippen LogP contribution is -2.33. The van der Waals surface area contributed by atoms with Gasteiger partial charge in [-0.05, 0) is 103 Å². The van der Waals surface area contributed by atoms with Crippen LogP contribution in [0.2, 0.25) is 0 Å². The largest absolute Gasteiger partial charge is 0.497 e. The lowest BCUT2D eigenvalue weighted by molar-refractivity contribution is -0.123. The first kappa shape index (κ1) is 30.1. The summed E-state index contributed by atoms with van der Waals surface area (Å²) in [5, 5.41) is 0. The van der Waals surface area contributed by atoms with Gasteiger partial charge in [-0.25, -0.2) is 9.59 Å². The maximum Gasteiger partial charge on any atom is 0.343 e. The van der Waals surface area contributed by atoms with Crippen molar-refractivity contribution in [1.29, 1.82) is 0 Å². The third-order valence-electron chi connectivity index (χ3n) is 9.63. The summed E-state index contributed by atoms with van der Waals surface area (Å²) in [5.74, 6) is -1.31. The molecule has 3 aliphatic rings. The molecule has 0 N–H and O–H groups in total. The lowest BCUT2D eigenvalue weighted by Gasteiger charge is -2.28. The Balaban J connectivity index is 0.943. The fourth-order valence-electron chi connectivity index (χ4n) is 7.47. The molecule has 2 saturated carbocycles. The second kappa shape index (κ2) is 12.3. The molecule has 2 amide bonds. The Labute approximate surface area is 271 Å². The summed E-state index contributed by atoms with van der Waals surface area (Å²) in [6.45, 7) is -0.499. The van der Waals surface area contributed by atoms with Gasteiger partial charge in [0.05, 0.1) is 35.8 Å². The summed E-state index contributed by atoms with van der Waals surface area (Å²) >= 11 is 0. The smallest absolute Gasteiger partial charge is 0.343 e. The van der Waals surface area contributed by atoms with E-state index in [2.05, 4.69) is 12.1 Å². The van der Waals surface area contributed by atoms with Crippen LogP contribution in [-0.2, 0) is 14.3 Å². The number of hydrogen-bond donors (Lipinski definition) is 0. The second-order valence-corrected chi connectivity index (χ2v) is 12.2. The molecule has 4 aromatic rings. The highest BCUT2D eigenvalue weighted by atomic mass is 16.5. The predicted octanol–water partition coefficient (Wildman–Crippen LogP) is 5.88. The van der Waals surface area contributed by atoms with E-state index < -0.39 is 24.3 Å². The molecule has 0 aromatic heterocycles. The third-order valence-corrected chi connectivity index (χ3v) is 9.63. The minimum Gasteiger partial charge on any atom is -0.497 e. The first-order valence-electron chi connectivity index (χ1n) is 15.5. The molecule has 5 atom stereocenters. The summed E-state index contributed by atoms with van der Waals surface area (Å²) in [4.78, 5) is 66.2. The lowest BCUT2D eigenvalue weighted by atomic mass is 9.73. The molecular formula is C38H31NO8. The predicted molar refractivity (Wildman–Crippen MR) is 170 cm³/mol. The van der Waals surface area contributed by atoms with Gasteiger partial charge in [-0.3, -0.25) is 19.3 Å². The highest BCUT2D eigenvalue weighted by Gasteiger charge is 2.64. The van der Waals surface area contributed by atoms with E-state index in [1.807, 2.05) is 18.2 Å². The Morgan fingerprint density at radius 2 is 1.40 bits per heavy atom. The SMILES string of the molecule is COc1cccc(C(=O)Oc2ccc(C(=O)COC(=O)c3ccc(N4C(=O)[C@@H]5[C@@H]6C[C@@H]([C@H]5C4=O)[C@@H](c4ccccc4)C6)cc3)cc2)c1. The van der Waals surface area contributed by atoms with Gasteiger partial charge >= 0.3 is 11.9 Å². The first-order valence-corrected chi connectivity index (χ1v) is 15.5. The molecule has 9 heteroatoms. The fraction of sp³-hybridized carbons (Fsp3) is 0.237.